The highest BCUT2D eigenvalue weighted by atomic mass is 32.2. The summed E-state index contributed by atoms with van der Waals surface area (Å²) in [5.74, 6) is -1.05. The van der Waals surface area contributed by atoms with Crippen LogP contribution in [0.2, 0.25) is 0 Å². The molecule has 0 bridgehead atoms. The lowest BCUT2D eigenvalue weighted by Crippen LogP contribution is -2.34. The van der Waals surface area contributed by atoms with E-state index in [1.807, 2.05) is 6.92 Å². The highest BCUT2D eigenvalue weighted by Gasteiger charge is 2.20. The van der Waals surface area contributed by atoms with Crippen LogP contribution in [0, 0.1) is 5.82 Å². The molecule has 1 amide bonds. The number of nitrogens with zero attached hydrogens (tertiary/aromatic N) is 1. The van der Waals surface area contributed by atoms with E-state index in [1.165, 1.54) is 47.4 Å². The third-order valence-corrected chi connectivity index (χ3v) is 5.31. The first-order chi connectivity index (χ1) is 12.9. The Morgan fingerprint density at radius 1 is 1.15 bits per heavy atom. The summed E-state index contributed by atoms with van der Waals surface area (Å²) in [6.45, 7) is 2.45. The molecule has 0 spiro atoms. The van der Waals surface area contributed by atoms with Gasteiger partial charge >= 0.3 is 0 Å². The summed E-state index contributed by atoms with van der Waals surface area (Å²) in [4.78, 5) is 14.0. The van der Waals surface area contributed by atoms with Crippen molar-refractivity contribution in [3.63, 3.8) is 0 Å². The monoisotopic (exact) mass is 394 g/mol. The summed E-state index contributed by atoms with van der Waals surface area (Å²) in [5.41, 5.74) is 0.0232. The normalized spacial score (nSPS) is 11.2. The molecule has 6 nitrogen and oxygen atoms in total. The van der Waals surface area contributed by atoms with E-state index in [1.54, 1.807) is 0 Å². The molecule has 2 N–H and O–H groups in total. The van der Waals surface area contributed by atoms with Crippen LogP contribution in [-0.2, 0) is 10.0 Å². The summed E-state index contributed by atoms with van der Waals surface area (Å²) in [7, 11) is -4.06. The number of benzene rings is 2. The summed E-state index contributed by atoms with van der Waals surface area (Å²) in [6.07, 6.45) is 1.66. The Balaban J connectivity index is 2.27. The average Bonchev–Trinajstić information content (AvgIpc) is 2.66. The van der Waals surface area contributed by atoms with Gasteiger partial charge in [0, 0.05) is 18.7 Å². The second-order valence-corrected chi connectivity index (χ2v) is 7.66. The number of aliphatic hydroxyl groups excluding tert-OH is 1. The van der Waals surface area contributed by atoms with Gasteiger partial charge in [0.25, 0.3) is 15.9 Å². The van der Waals surface area contributed by atoms with Gasteiger partial charge in [-0.15, -0.1) is 0 Å². The second kappa shape index (κ2) is 9.48. The Morgan fingerprint density at radius 3 is 2.56 bits per heavy atom. The molecule has 2 rings (SSSR count). The number of hydrogen-bond acceptors (Lipinski definition) is 4. The molecule has 2 aromatic rings. The fraction of sp³-hybridized carbons (Fsp3) is 0.316. The van der Waals surface area contributed by atoms with Gasteiger partial charge in [-0.3, -0.25) is 9.52 Å². The quantitative estimate of drug-likeness (QED) is 0.685. The molecule has 2 aromatic carbocycles. The SMILES string of the molecule is CCCCN(CCO)C(=O)c1cccc(S(=O)(=O)Nc2ccccc2F)c1. The highest BCUT2D eigenvalue weighted by Crippen LogP contribution is 2.20. The van der Waals surface area contributed by atoms with Gasteiger partial charge in [-0.2, -0.15) is 0 Å². The first-order valence-electron chi connectivity index (χ1n) is 8.66. The molecule has 0 saturated heterocycles. The molecule has 8 heteroatoms. The molecule has 0 fully saturated rings. The van der Waals surface area contributed by atoms with E-state index in [2.05, 4.69) is 4.72 Å². The largest absolute Gasteiger partial charge is 0.395 e. The van der Waals surface area contributed by atoms with Crippen molar-refractivity contribution in [1.82, 2.24) is 4.90 Å². The van der Waals surface area contributed by atoms with Gasteiger partial charge in [0.15, 0.2) is 0 Å². The Kier molecular flexibility index (Phi) is 7.32. The zero-order valence-electron chi connectivity index (χ0n) is 15.1. The van der Waals surface area contributed by atoms with E-state index in [-0.39, 0.29) is 35.2 Å². The van der Waals surface area contributed by atoms with E-state index >= 15 is 0 Å². The summed E-state index contributed by atoms with van der Waals surface area (Å²) in [5, 5.41) is 9.17. The van der Waals surface area contributed by atoms with Crippen molar-refractivity contribution in [3.8, 4) is 0 Å². The zero-order valence-corrected chi connectivity index (χ0v) is 15.9. The van der Waals surface area contributed by atoms with Crippen molar-refractivity contribution in [1.29, 1.82) is 0 Å². The molecule has 0 unspecified atom stereocenters. The van der Waals surface area contributed by atoms with Crippen LogP contribution in [0.1, 0.15) is 30.1 Å². The number of amides is 1. The van der Waals surface area contributed by atoms with E-state index in [0.717, 1.165) is 18.9 Å². The number of hydrogen-bond donors (Lipinski definition) is 2. The maximum atomic E-state index is 13.7. The first kappa shape index (κ1) is 20.9. The number of para-hydroxylation sites is 1. The fourth-order valence-corrected chi connectivity index (χ4v) is 3.62. The summed E-state index contributed by atoms with van der Waals surface area (Å²) < 4.78 is 41.0. The molecule has 146 valence electrons. The zero-order chi connectivity index (χ0) is 19.9. The van der Waals surface area contributed by atoms with Gasteiger partial charge in [0.2, 0.25) is 0 Å². The number of aliphatic hydroxyl groups is 1. The van der Waals surface area contributed by atoms with Gasteiger partial charge in [0.1, 0.15) is 5.82 Å². The van der Waals surface area contributed by atoms with Gasteiger partial charge in [-0.25, -0.2) is 12.8 Å². The van der Waals surface area contributed by atoms with Crippen LogP contribution < -0.4 is 4.72 Å². The van der Waals surface area contributed by atoms with Crippen LogP contribution in [0.15, 0.2) is 53.4 Å². The number of carbonyl (C=O) groups excluding carboxylic acids is 1. The molecule has 0 heterocycles. The minimum absolute atomic E-state index is 0.143. The second-order valence-electron chi connectivity index (χ2n) is 5.98. The third kappa shape index (κ3) is 5.51. The van der Waals surface area contributed by atoms with Crippen molar-refractivity contribution in [3.05, 3.63) is 59.9 Å². The van der Waals surface area contributed by atoms with Crippen LogP contribution in [-0.4, -0.2) is 44.0 Å². The Hall–Kier alpha value is -2.45. The number of sulfonamides is 1. The maximum absolute atomic E-state index is 13.7. The lowest BCUT2D eigenvalue weighted by molar-refractivity contribution is 0.0719. The van der Waals surface area contributed by atoms with Crippen LogP contribution >= 0.6 is 0 Å². The Labute approximate surface area is 158 Å². The Bertz CT molecular complexity index is 887. The minimum atomic E-state index is -4.06. The number of anilines is 1. The number of nitrogens with one attached hydrogen (secondary N) is 1. The molecule has 0 saturated carbocycles. The molecular weight excluding hydrogens is 371 g/mol. The third-order valence-electron chi connectivity index (χ3n) is 3.95. The van der Waals surface area contributed by atoms with Crippen LogP contribution in [0.3, 0.4) is 0 Å². The molecule has 0 aliphatic rings. The van der Waals surface area contributed by atoms with E-state index in [9.17, 15) is 22.7 Å². The van der Waals surface area contributed by atoms with Crippen molar-refractivity contribution in [2.45, 2.75) is 24.7 Å². The predicted octanol–water partition coefficient (Wildman–Crippen LogP) is 2.86. The predicted molar refractivity (Wildman–Crippen MR) is 102 cm³/mol. The standard InChI is InChI=1S/C19H23FN2O4S/c1-2-3-11-22(12-13-23)19(24)15-7-6-8-16(14-15)27(25,26)21-18-10-5-4-9-17(18)20/h4-10,14,21,23H,2-3,11-13H2,1H3. The average molecular weight is 394 g/mol. The molecule has 0 aromatic heterocycles. The molecule has 0 aliphatic heterocycles. The van der Waals surface area contributed by atoms with Crippen LogP contribution in [0.25, 0.3) is 0 Å². The Morgan fingerprint density at radius 2 is 1.89 bits per heavy atom. The van der Waals surface area contributed by atoms with E-state index < -0.39 is 15.8 Å². The number of carbonyl (C=O) groups is 1. The van der Waals surface area contributed by atoms with Gasteiger partial charge in [0.05, 0.1) is 17.2 Å². The van der Waals surface area contributed by atoms with Crippen molar-refractivity contribution in [2.24, 2.45) is 0 Å². The molecule has 0 aliphatic carbocycles. The minimum Gasteiger partial charge on any atom is -0.395 e. The first-order valence-corrected chi connectivity index (χ1v) is 10.1. The lowest BCUT2D eigenvalue weighted by Gasteiger charge is -2.22. The maximum Gasteiger partial charge on any atom is 0.262 e. The van der Waals surface area contributed by atoms with Gasteiger partial charge in [-0.05, 0) is 36.8 Å². The van der Waals surface area contributed by atoms with Gasteiger partial charge < -0.3 is 10.0 Å². The molecule has 27 heavy (non-hydrogen) atoms. The summed E-state index contributed by atoms with van der Waals surface area (Å²) >= 11 is 0. The molecule has 0 atom stereocenters. The molecular formula is C19H23FN2O4S. The van der Waals surface area contributed by atoms with E-state index in [0.29, 0.717) is 6.54 Å². The van der Waals surface area contributed by atoms with Crippen LogP contribution in [0.4, 0.5) is 10.1 Å². The topological polar surface area (TPSA) is 86.7 Å². The van der Waals surface area contributed by atoms with Crippen LogP contribution in [0.5, 0.6) is 0 Å². The highest BCUT2D eigenvalue weighted by molar-refractivity contribution is 7.92. The van der Waals surface area contributed by atoms with Gasteiger partial charge in [-0.1, -0.05) is 31.5 Å². The van der Waals surface area contributed by atoms with Crippen molar-refractivity contribution < 1.29 is 22.7 Å². The number of unbranched alkanes of at least 4 members (excludes halogenated alkanes) is 1. The summed E-state index contributed by atoms with van der Waals surface area (Å²) in [6, 6.07) is 11.0. The lowest BCUT2D eigenvalue weighted by atomic mass is 10.2. The number of rotatable bonds is 9. The fourth-order valence-electron chi connectivity index (χ4n) is 2.51. The van der Waals surface area contributed by atoms with Crippen molar-refractivity contribution in [2.75, 3.05) is 24.4 Å². The van der Waals surface area contributed by atoms with E-state index in [4.69, 9.17) is 0 Å². The van der Waals surface area contributed by atoms with Crippen molar-refractivity contribution >= 4 is 21.6 Å². The smallest absolute Gasteiger partial charge is 0.262 e. The number of halogens is 1. The molecule has 0 radical (unpaired) electrons.